The van der Waals surface area contributed by atoms with Gasteiger partial charge in [-0.2, -0.15) is 0 Å². The van der Waals surface area contributed by atoms with Gasteiger partial charge < -0.3 is 9.84 Å². The maximum Gasteiger partial charge on any atom is 0.165 e. The van der Waals surface area contributed by atoms with Gasteiger partial charge in [-0.25, -0.2) is 13.2 Å². The Kier molecular flexibility index (Phi) is 4.29. The summed E-state index contributed by atoms with van der Waals surface area (Å²) in [6.07, 6.45) is -1.20. The van der Waals surface area contributed by atoms with E-state index < -0.39 is 23.6 Å². The van der Waals surface area contributed by atoms with Crippen LogP contribution in [0.1, 0.15) is 17.2 Å². The van der Waals surface area contributed by atoms with Crippen LogP contribution in [0.3, 0.4) is 0 Å². The molecule has 5 heteroatoms. The van der Waals surface area contributed by atoms with Crippen LogP contribution in [-0.2, 0) is 6.42 Å². The maximum atomic E-state index is 13.5. The van der Waals surface area contributed by atoms with Gasteiger partial charge >= 0.3 is 0 Å². The molecule has 0 saturated carbocycles. The molecule has 2 nitrogen and oxygen atoms in total. The average Bonchev–Trinajstić information content (AvgIpc) is 2.43. The first-order valence-electron chi connectivity index (χ1n) is 5.96. The predicted octanol–water partition coefficient (Wildman–Crippen LogP) is 3.39. The number of rotatable bonds is 4. The van der Waals surface area contributed by atoms with Crippen LogP contribution in [0.4, 0.5) is 13.2 Å². The van der Waals surface area contributed by atoms with Crippen LogP contribution < -0.4 is 4.74 Å². The van der Waals surface area contributed by atoms with E-state index in [0.29, 0.717) is 5.56 Å². The zero-order valence-electron chi connectivity index (χ0n) is 10.7. The normalized spacial score (nSPS) is 12.2. The van der Waals surface area contributed by atoms with E-state index in [0.717, 1.165) is 24.3 Å². The van der Waals surface area contributed by atoms with Crippen molar-refractivity contribution in [2.45, 2.75) is 12.5 Å². The van der Waals surface area contributed by atoms with Crippen molar-refractivity contribution in [2.24, 2.45) is 0 Å². The molecule has 0 aliphatic carbocycles. The SMILES string of the molecule is COc1cc(C(O)Cc2cc(F)ccc2F)ccc1F. The smallest absolute Gasteiger partial charge is 0.165 e. The molecule has 0 saturated heterocycles. The third-order valence-corrected chi connectivity index (χ3v) is 2.98. The van der Waals surface area contributed by atoms with Crippen LogP contribution in [0.25, 0.3) is 0 Å². The van der Waals surface area contributed by atoms with Crippen molar-refractivity contribution in [1.29, 1.82) is 0 Å². The van der Waals surface area contributed by atoms with Crippen molar-refractivity contribution in [2.75, 3.05) is 7.11 Å². The third kappa shape index (κ3) is 3.11. The van der Waals surface area contributed by atoms with E-state index in [4.69, 9.17) is 4.74 Å². The van der Waals surface area contributed by atoms with Crippen LogP contribution in [0.5, 0.6) is 5.75 Å². The highest BCUT2D eigenvalue weighted by atomic mass is 19.1. The Morgan fingerprint density at radius 1 is 1.05 bits per heavy atom. The molecule has 0 aliphatic heterocycles. The summed E-state index contributed by atoms with van der Waals surface area (Å²) < 4.78 is 44.6. The summed E-state index contributed by atoms with van der Waals surface area (Å²) in [6.45, 7) is 0. The molecule has 0 aliphatic rings. The standard InChI is InChI=1S/C15H13F3O2/c1-20-15-8-9(2-4-13(15)18)14(19)7-10-6-11(16)3-5-12(10)17/h2-6,8,14,19H,7H2,1H3. The second kappa shape index (κ2) is 5.96. The minimum absolute atomic E-state index is 0.0127. The van der Waals surface area contributed by atoms with Gasteiger partial charge in [0.15, 0.2) is 11.6 Å². The first kappa shape index (κ1) is 14.4. The Morgan fingerprint density at radius 2 is 1.75 bits per heavy atom. The van der Waals surface area contributed by atoms with Gasteiger partial charge in [0.05, 0.1) is 13.2 Å². The van der Waals surface area contributed by atoms with Crippen molar-refractivity contribution in [3.63, 3.8) is 0 Å². The Hall–Kier alpha value is -2.01. The first-order chi connectivity index (χ1) is 9.51. The molecular weight excluding hydrogens is 269 g/mol. The number of aliphatic hydroxyl groups excluding tert-OH is 1. The zero-order valence-corrected chi connectivity index (χ0v) is 10.7. The molecule has 0 radical (unpaired) electrons. The lowest BCUT2D eigenvalue weighted by Gasteiger charge is -2.13. The number of hydrogen-bond donors (Lipinski definition) is 1. The minimum atomic E-state index is -1.08. The second-order valence-corrected chi connectivity index (χ2v) is 4.35. The molecule has 0 spiro atoms. The molecular formula is C15H13F3O2. The first-order valence-corrected chi connectivity index (χ1v) is 5.96. The van der Waals surface area contributed by atoms with Gasteiger partial charge in [-0.15, -0.1) is 0 Å². The topological polar surface area (TPSA) is 29.5 Å². The van der Waals surface area contributed by atoms with E-state index in [1.54, 1.807) is 0 Å². The van der Waals surface area contributed by atoms with Crippen LogP contribution in [0, 0.1) is 17.5 Å². The van der Waals surface area contributed by atoms with Gasteiger partial charge in [0.25, 0.3) is 0 Å². The third-order valence-electron chi connectivity index (χ3n) is 2.98. The average molecular weight is 282 g/mol. The summed E-state index contributed by atoms with van der Waals surface area (Å²) in [4.78, 5) is 0. The van der Waals surface area contributed by atoms with Crippen molar-refractivity contribution in [1.82, 2.24) is 0 Å². The van der Waals surface area contributed by atoms with E-state index in [-0.39, 0.29) is 17.7 Å². The lowest BCUT2D eigenvalue weighted by molar-refractivity contribution is 0.176. The fourth-order valence-corrected chi connectivity index (χ4v) is 1.91. The van der Waals surface area contributed by atoms with Gasteiger partial charge in [-0.3, -0.25) is 0 Å². The van der Waals surface area contributed by atoms with Crippen molar-refractivity contribution >= 4 is 0 Å². The molecule has 0 bridgehead atoms. The quantitative estimate of drug-likeness (QED) is 0.931. The molecule has 20 heavy (non-hydrogen) atoms. The molecule has 0 heterocycles. The highest BCUT2D eigenvalue weighted by Crippen LogP contribution is 2.25. The van der Waals surface area contributed by atoms with Crippen molar-refractivity contribution in [3.8, 4) is 5.75 Å². The molecule has 1 atom stereocenters. The molecule has 0 aromatic heterocycles. The Balaban J connectivity index is 2.23. The molecule has 1 unspecified atom stereocenters. The summed E-state index contributed by atoms with van der Waals surface area (Å²) >= 11 is 0. The monoisotopic (exact) mass is 282 g/mol. The highest BCUT2D eigenvalue weighted by molar-refractivity contribution is 5.32. The molecule has 2 rings (SSSR count). The van der Waals surface area contributed by atoms with Gasteiger partial charge in [0, 0.05) is 6.42 Å². The molecule has 0 fully saturated rings. The number of benzene rings is 2. The number of aliphatic hydroxyl groups is 1. The van der Waals surface area contributed by atoms with Gasteiger partial charge in [0.1, 0.15) is 11.6 Å². The zero-order chi connectivity index (χ0) is 14.7. The highest BCUT2D eigenvalue weighted by Gasteiger charge is 2.14. The van der Waals surface area contributed by atoms with Crippen molar-refractivity contribution < 1.29 is 23.0 Å². The Bertz CT molecular complexity index is 614. The Morgan fingerprint density at radius 3 is 2.45 bits per heavy atom. The molecule has 2 aromatic rings. The number of halogens is 3. The lowest BCUT2D eigenvalue weighted by atomic mass is 10.0. The lowest BCUT2D eigenvalue weighted by Crippen LogP contribution is -2.05. The fourth-order valence-electron chi connectivity index (χ4n) is 1.91. The Labute approximate surface area is 114 Å². The molecule has 0 amide bonds. The van der Waals surface area contributed by atoms with E-state index in [1.807, 2.05) is 0 Å². The van der Waals surface area contributed by atoms with E-state index in [9.17, 15) is 18.3 Å². The number of methoxy groups -OCH3 is 1. The van der Waals surface area contributed by atoms with Crippen LogP contribution >= 0.6 is 0 Å². The van der Waals surface area contributed by atoms with E-state index >= 15 is 0 Å². The molecule has 106 valence electrons. The summed E-state index contributed by atoms with van der Waals surface area (Å²) in [7, 11) is 1.31. The summed E-state index contributed by atoms with van der Waals surface area (Å²) in [6, 6.07) is 6.89. The van der Waals surface area contributed by atoms with Crippen molar-refractivity contribution in [3.05, 3.63) is 65.0 Å². The minimum Gasteiger partial charge on any atom is -0.494 e. The molecule has 2 aromatic carbocycles. The van der Waals surface area contributed by atoms with Crippen LogP contribution in [0.2, 0.25) is 0 Å². The van der Waals surface area contributed by atoms with Gasteiger partial charge in [-0.05, 0) is 41.5 Å². The van der Waals surface area contributed by atoms with E-state index in [2.05, 4.69) is 0 Å². The largest absolute Gasteiger partial charge is 0.494 e. The van der Waals surface area contributed by atoms with Crippen LogP contribution in [-0.4, -0.2) is 12.2 Å². The summed E-state index contributed by atoms with van der Waals surface area (Å²) in [5, 5.41) is 10.0. The number of ether oxygens (including phenoxy) is 1. The van der Waals surface area contributed by atoms with Gasteiger partial charge in [-0.1, -0.05) is 6.07 Å². The van der Waals surface area contributed by atoms with Gasteiger partial charge in [0.2, 0.25) is 0 Å². The predicted molar refractivity (Wildman–Crippen MR) is 68.0 cm³/mol. The maximum absolute atomic E-state index is 13.5. The summed E-state index contributed by atoms with van der Waals surface area (Å²) in [5.41, 5.74) is 0.424. The fraction of sp³-hybridized carbons (Fsp3) is 0.200. The second-order valence-electron chi connectivity index (χ2n) is 4.35. The molecule has 1 N–H and O–H groups in total. The number of hydrogen-bond acceptors (Lipinski definition) is 2. The summed E-state index contributed by atoms with van der Waals surface area (Å²) in [5.74, 6) is -1.74. The van der Waals surface area contributed by atoms with Crippen LogP contribution in [0.15, 0.2) is 36.4 Å². The van der Waals surface area contributed by atoms with E-state index in [1.165, 1.54) is 19.2 Å².